The third-order valence-electron chi connectivity index (χ3n) is 3.69. The Morgan fingerprint density at radius 1 is 1.30 bits per heavy atom. The van der Waals surface area contributed by atoms with E-state index in [0.717, 1.165) is 6.42 Å². The van der Waals surface area contributed by atoms with E-state index in [9.17, 15) is 4.79 Å². The molecule has 0 spiro atoms. The van der Waals surface area contributed by atoms with Crippen molar-refractivity contribution in [2.45, 2.75) is 39.2 Å². The van der Waals surface area contributed by atoms with Gasteiger partial charge in [0.2, 0.25) is 0 Å². The molecule has 0 aromatic heterocycles. The van der Waals surface area contributed by atoms with Crippen molar-refractivity contribution in [1.82, 2.24) is 5.32 Å². The highest BCUT2D eigenvalue weighted by molar-refractivity contribution is 5.94. The van der Waals surface area contributed by atoms with Gasteiger partial charge in [0, 0.05) is 18.2 Å². The van der Waals surface area contributed by atoms with Gasteiger partial charge in [-0.05, 0) is 50.3 Å². The van der Waals surface area contributed by atoms with Crippen molar-refractivity contribution in [1.29, 1.82) is 0 Å². The number of rotatable bonds is 9. The van der Waals surface area contributed by atoms with Gasteiger partial charge in [-0.3, -0.25) is 4.79 Å². The molecular weight excluding hydrogens is 316 g/mol. The molecule has 6 heteroatoms. The molecule has 0 saturated heterocycles. The summed E-state index contributed by atoms with van der Waals surface area (Å²) in [5, 5.41) is 2.89. The van der Waals surface area contributed by atoms with Crippen LogP contribution in [0.15, 0.2) is 18.2 Å². The minimum absolute atomic E-state index is 0. The van der Waals surface area contributed by atoms with Gasteiger partial charge in [-0.15, -0.1) is 12.4 Å². The van der Waals surface area contributed by atoms with E-state index in [0.29, 0.717) is 42.7 Å². The molecule has 1 unspecified atom stereocenters. The van der Waals surface area contributed by atoms with Gasteiger partial charge >= 0.3 is 0 Å². The van der Waals surface area contributed by atoms with Crippen LogP contribution in [-0.4, -0.2) is 31.7 Å². The first-order valence-electron chi connectivity index (χ1n) is 8.09. The molecule has 5 nitrogen and oxygen atoms in total. The molecule has 0 radical (unpaired) electrons. The van der Waals surface area contributed by atoms with Gasteiger partial charge < -0.3 is 20.5 Å². The van der Waals surface area contributed by atoms with Crippen LogP contribution in [-0.2, 0) is 0 Å². The maximum absolute atomic E-state index is 12.2. The summed E-state index contributed by atoms with van der Waals surface area (Å²) in [6.07, 6.45) is 3.27. The summed E-state index contributed by atoms with van der Waals surface area (Å²) < 4.78 is 11.2. The van der Waals surface area contributed by atoms with Gasteiger partial charge in [-0.2, -0.15) is 0 Å². The minimum Gasteiger partial charge on any atom is -0.490 e. The summed E-state index contributed by atoms with van der Waals surface area (Å²) in [5.41, 5.74) is 6.57. The van der Waals surface area contributed by atoms with E-state index in [1.807, 2.05) is 13.8 Å². The third-order valence-corrected chi connectivity index (χ3v) is 3.69. The van der Waals surface area contributed by atoms with Crippen LogP contribution in [0.3, 0.4) is 0 Å². The van der Waals surface area contributed by atoms with E-state index in [4.69, 9.17) is 15.2 Å². The maximum Gasteiger partial charge on any atom is 0.251 e. The number of nitrogens with two attached hydrogens (primary N) is 1. The number of nitrogens with one attached hydrogen (secondary N) is 1. The van der Waals surface area contributed by atoms with Gasteiger partial charge in [0.15, 0.2) is 11.5 Å². The van der Waals surface area contributed by atoms with Crippen molar-refractivity contribution in [2.75, 3.05) is 19.8 Å². The molecule has 130 valence electrons. The molecule has 1 aliphatic rings. The fraction of sp³-hybridized carbons (Fsp3) is 0.588. The number of carbonyl (C=O) groups excluding carboxylic acids is 1. The summed E-state index contributed by atoms with van der Waals surface area (Å²) >= 11 is 0. The number of carbonyl (C=O) groups is 1. The number of amides is 1. The number of benzene rings is 1. The molecule has 1 aromatic rings. The Kier molecular flexibility index (Phi) is 8.20. The lowest BCUT2D eigenvalue weighted by atomic mass is 10.1. The lowest BCUT2D eigenvalue weighted by Gasteiger charge is -2.14. The fourth-order valence-electron chi connectivity index (χ4n) is 2.25. The molecule has 1 atom stereocenters. The zero-order valence-electron chi connectivity index (χ0n) is 13.8. The monoisotopic (exact) mass is 342 g/mol. The molecule has 0 heterocycles. The predicted molar refractivity (Wildman–Crippen MR) is 93.7 cm³/mol. The second-order valence-electron chi connectivity index (χ2n) is 5.65. The summed E-state index contributed by atoms with van der Waals surface area (Å²) in [6, 6.07) is 5.33. The lowest BCUT2D eigenvalue weighted by Crippen LogP contribution is -2.38. The number of hydrogen-bond acceptors (Lipinski definition) is 4. The molecule has 0 bridgehead atoms. The standard InChI is InChI=1S/C17H26N2O3.ClH/c1-3-9-22-15-8-7-13(10-16(15)21-4-2)17(20)19-11-14(18)12-5-6-12;/h7-8,10,12,14H,3-6,9,11,18H2,1-2H3,(H,19,20);1H. The van der Waals surface area contributed by atoms with Gasteiger partial charge in [0.05, 0.1) is 13.2 Å². The van der Waals surface area contributed by atoms with E-state index in [2.05, 4.69) is 5.32 Å². The summed E-state index contributed by atoms with van der Waals surface area (Å²) in [4.78, 5) is 12.2. The summed E-state index contributed by atoms with van der Waals surface area (Å²) in [5.74, 6) is 1.73. The zero-order chi connectivity index (χ0) is 15.9. The van der Waals surface area contributed by atoms with Gasteiger partial charge in [0.25, 0.3) is 5.91 Å². The van der Waals surface area contributed by atoms with Crippen molar-refractivity contribution in [3.63, 3.8) is 0 Å². The second-order valence-corrected chi connectivity index (χ2v) is 5.65. The number of halogens is 1. The van der Waals surface area contributed by atoms with Crippen LogP contribution >= 0.6 is 12.4 Å². The SMILES string of the molecule is CCCOc1ccc(C(=O)NCC(N)C2CC2)cc1OCC.Cl. The highest BCUT2D eigenvalue weighted by Gasteiger charge is 2.28. The molecule has 3 N–H and O–H groups in total. The third kappa shape index (κ3) is 5.92. The largest absolute Gasteiger partial charge is 0.490 e. The first-order chi connectivity index (χ1) is 10.7. The first-order valence-corrected chi connectivity index (χ1v) is 8.09. The lowest BCUT2D eigenvalue weighted by molar-refractivity contribution is 0.0949. The van der Waals surface area contributed by atoms with Crippen molar-refractivity contribution in [3.05, 3.63) is 23.8 Å². The topological polar surface area (TPSA) is 73.6 Å². The van der Waals surface area contributed by atoms with E-state index in [1.54, 1.807) is 18.2 Å². The Morgan fingerprint density at radius 2 is 2.04 bits per heavy atom. The van der Waals surface area contributed by atoms with Crippen molar-refractivity contribution < 1.29 is 14.3 Å². The molecule has 1 fully saturated rings. The molecule has 23 heavy (non-hydrogen) atoms. The van der Waals surface area contributed by atoms with E-state index >= 15 is 0 Å². The van der Waals surface area contributed by atoms with Crippen molar-refractivity contribution in [2.24, 2.45) is 11.7 Å². The van der Waals surface area contributed by atoms with Crippen molar-refractivity contribution >= 4 is 18.3 Å². The molecule has 1 amide bonds. The molecule has 1 aromatic carbocycles. The Morgan fingerprint density at radius 3 is 2.65 bits per heavy atom. The maximum atomic E-state index is 12.2. The highest BCUT2D eigenvalue weighted by Crippen LogP contribution is 2.31. The zero-order valence-corrected chi connectivity index (χ0v) is 14.7. The van der Waals surface area contributed by atoms with Gasteiger partial charge in [-0.1, -0.05) is 6.92 Å². The van der Waals surface area contributed by atoms with Gasteiger partial charge in [0.1, 0.15) is 0 Å². The van der Waals surface area contributed by atoms with Crippen LogP contribution in [0.4, 0.5) is 0 Å². The molecule has 1 aliphatic carbocycles. The molecule has 0 aliphatic heterocycles. The fourth-order valence-corrected chi connectivity index (χ4v) is 2.25. The quantitative estimate of drug-likeness (QED) is 0.723. The second kappa shape index (κ2) is 9.63. The van der Waals surface area contributed by atoms with Crippen LogP contribution in [0.1, 0.15) is 43.5 Å². The minimum atomic E-state index is -0.126. The Labute approximate surface area is 144 Å². The summed E-state index contributed by atoms with van der Waals surface area (Å²) in [7, 11) is 0. The van der Waals surface area contributed by atoms with E-state index in [-0.39, 0.29) is 24.4 Å². The van der Waals surface area contributed by atoms with E-state index in [1.165, 1.54) is 12.8 Å². The molecule has 2 rings (SSSR count). The highest BCUT2D eigenvalue weighted by atomic mass is 35.5. The average Bonchev–Trinajstić information content (AvgIpc) is 3.36. The summed E-state index contributed by atoms with van der Waals surface area (Å²) in [6.45, 7) is 5.62. The first kappa shape index (κ1) is 19.6. The Balaban J connectivity index is 0.00000264. The Hall–Kier alpha value is -1.46. The predicted octanol–water partition coefficient (Wildman–Crippen LogP) is 2.76. The molecular formula is C17H27ClN2O3. The van der Waals surface area contributed by atoms with Crippen LogP contribution in [0.2, 0.25) is 0 Å². The Bertz CT molecular complexity index is 507. The smallest absolute Gasteiger partial charge is 0.251 e. The van der Waals surface area contributed by atoms with Crippen LogP contribution < -0.4 is 20.5 Å². The van der Waals surface area contributed by atoms with E-state index < -0.39 is 0 Å². The van der Waals surface area contributed by atoms with Crippen LogP contribution in [0.25, 0.3) is 0 Å². The van der Waals surface area contributed by atoms with Gasteiger partial charge in [-0.25, -0.2) is 0 Å². The number of hydrogen-bond donors (Lipinski definition) is 2. The van der Waals surface area contributed by atoms with Crippen LogP contribution in [0.5, 0.6) is 11.5 Å². The number of ether oxygens (including phenoxy) is 2. The normalized spacial score (nSPS) is 14.6. The molecule has 1 saturated carbocycles. The average molecular weight is 343 g/mol. The van der Waals surface area contributed by atoms with Crippen LogP contribution in [0, 0.1) is 5.92 Å². The van der Waals surface area contributed by atoms with Crippen molar-refractivity contribution in [3.8, 4) is 11.5 Å².